The summed E-state index contributed by atoms with van der Waals surface area (Å²) < 4.78 is 41.8. The van der Waals surface area contributed by atoms with Gasteiger partial charge in [-0.15, -0.1) is 0 Å². The number of halogens is 3. The molecule has 0 radical (unpaired) electrons. The number of aryl methyl sites for hydroxylation is 2. The highest BCUT2D eigenvalue weighted by atomic mass is 19.4. The highest BCUT2D eigenvalue weighted by Gasteiger charge is 2.33. The van der Waals surface area contributed by atoms with E-state index in [2.05, 4.69) is 33.8 Å². The minimum Gasteiger partial charge on any atom is -0.383 e. The molecule has 1 fully saturated rings. The van der Waals surface area contributed by atoms with Crippen LogP contribution in [-0.4, -0.2) is 50.6 Å². The third-order valence-corrected chi connectivity index (χ3v) is 7.08. The zero-order valence-electron chi connectivity index (χ0n) is 21.8. The molecular formula is C29H27F3N6O. The van der Waals surface area contributed by atoms with Crippen LogP contribution in [0.25, 0.3) is 11.0 Å². The van der Waals surface area contributed by atoms with E-state index in [9.17, 15) is 18.0 Å². The monoisotopic (exact) mass is 532 g/mol. The summed E-state index contributed by atoms with van der Waals surface area (Å²) in [6.45, 7) is 5.07. The number of Topliss-reactive ketones (excluding diaryl/α,β-unsaturated/α-hetero) is 1. The summed E-state index contributed by atoms with van der Waals surface area (Å²) in [7, 11) is 2.06. The minimum atomic E-state index is -4.52. The van der Waals surface area contributed by atoms with E-state index < -0.39 is 17.5 Å². The molecule has 0 amide bonds. The van der Waals surface area contributed by atoms with Crippen molar-refractivity contribution in [2.24, 2.45) is 0 Å². The van der Waals surface area contributed by atoms with Crippen molar-refractivity contribution in [3.8, 4) is 11.8 Å². The third-order valence-electron chi connectivity index (χ3n) is 7.08. The number of likely N-dealkylation sites (tertiary alicyclic amines) is 1. The summed E-state index contributed by atoms with van der Waals surface area (Å²) in [4.78, 5) is 23.6. The summed E-state index contributed by atoms with van der Waals surface area (Å²) in [6, 6.07) is 9.22. The summed E-state index contributed by atoms with van der Waals surface area (Å²) in [5, 5.41) is 5.35. The second kappa shape index (κ2) is 10.2. The van der Waals surface area contributed by atoms with Crippen LogP contribution in [-0.2, 0) is 12.6 Å². The molecule has 1 saturated heterocycles. The number of nitrogens with zero attached hydrogens (tertiary/aromatic N) is 5. The van der Waals surface area contributed by atoms with E-state index in [0.29, 0.717) is 33.7 Å². The molecule has 1 aliphatic rings. The molecule has 3 heterocycles. The number of likely N-dealkylation sites (N-methyl/N-ethyl adjacent to an activating group) is 1. The molecule has 0 spiro atoms. The van der Waals surface area contributed by atoms with Gasteiger partial charge in [-0.05, 0) is 62.1 Å². The van der Waals surface area contributed by atoms with Gasteiger partial charge in [-0.25, -0.2) is 14.6 Å². The first-order valence-corrected chi connectivity index (χ1v) is 12.5. The number of fused-ring (bicyclic) bond motifs is 1. The van der Waals surface area contributed by atoms with E-state index in [1.807, 2.05) is 17.7 Å². The zero-order chi connectivity index (χ0) is 27.9. The molecule has 7 nitrogen and oxygen atoms in total. The summed E-state index contributed by atoms with van der Waals surface area (Å²) in [5.41, 5.74) is 8.80. The van der Waals surface area contributed by atoms with Crippen LogP contribution in [0.4, 0.5) is 19.0 Å². The average Bonchev–Trinajstić information content (AvgIpc) is 3.48. The van der Waals surface area contributed by atoms with Crippen molar-refractivity contribution in [2.45, 2.75) is 38.9 Å². The molecule has 2 N–H and O–H groups in total. The van der Waals surface area contributed by atoms with Crippen LogP contribution in [0.3, 0.4) is 0 Å². The number of carbonyl (C=O) groups is 1. The molecule has 1 atom stereocenters. The first-order chi connectivity index (χ1) is 18.5. The molecule has 5 rings (SSSR count). The summed E-state index contributed by atoms with van der Waals surface area (Å²) in [6.07, 6.45) is -2.22. The number of hydrogen-bond acceptors (Lipinski definition) is 6. The molecule has 39 heavy (non-hydrogen) atoms. The largest absolute Gasteiger partial charge is 0.416 e. The number of benzene rings is 2. The molecule has 0 saturated carbocycles. The number of rotatable bonds is 4. The fourth-order valence-electron chi connectivity index (χ4n) is 4.88. The molecular weight excluding hydrogens is 505 g/mol. The van der Waals surface area contributed by atoms with Gasteiger partial charge in [-0.2, -0.15) is 18.3 Å². The molecule has 2 aromatic carbocycles. The van der Waals surface area contributed by atoms with Gasteiger partial charge in [-0.3, -0.25) is 4.79 Å². The Morgan fingerprint density at radius 3 is 2.59 bits per heavy atom. The Bertz CT molecular complexity index is 1650. The smallest absolute Gasteiger partial charge is 0.383 e. The van der Waals surface area contributed by atoms with E-state index in [0.717, 1.165) is 31.1 Å². The topological polar surface area (TPSA) is 89.9 Å². The Morgan fingerprint density at radius 2 is 1.87 bits per heavy atom. The van der Waals surface area contributed by atoms with E-state index in [1.165, 1.54) is 25.4 Å². The number of anilines is 1. The van der Waals surface area contributed by atoms with Crippen LogP contribution in [0.15, 0.2) is 42.7 Å². The molecule has 0 unspecified atom stereocenters. The van der Waals surface area contributed by atoms with Crippen LogP contribution in [0.1, 0.15) is 56.3 Å². The van der Waals surface area contributed by atoms with Gasteiger partial charge in [0.15, 0.2) is 11.4 Å². The minimum absolute atomic E-state index is 0.0196. The Hall–Kier alpha value is -4.23. The summed E-state index contributed by atoms with van der Waals surface area (Å²) >= 11 is 0. The Kier molecular flexibility index (Phi) is 6.87. The van der Waals surface area contributed by atoms with Gasteiger partial charge in [-0.1, -0.05) is 30.2 Å². The second-order valence-corrected chi connectivity index (χ2v) is 9.98. The lowest BCUT2D eigenvalue weighted by molar-refractivity contribution is -0.138. The quantitative estimate of drug-likeness (QED) is 0.302. The van der Waals surface area contributed by atoms with Crippen molar-refractivity contribution < 1.29 is 18.0 Å². The SMILES string of the molecule is Cc1ccc(CC(=O)c2ccc(C)c(C(F)(F)F)c2)cc1C#Cc1nn([C@@H]2CCN(C)C2)c2ncnc(N)c12. The average molecular weight is 533 g/mol. The normalized spacial score (nSPS) is 15.9. The fourth-order valence-corrected chi connectivity index (χ4v) is 4.88. The van der Waals surface area contributed by atoms with E-state index in [1.54, 1.807) is 12.1 Å². The molecule has 1 aliphatic heterocycles. The Labute approximate surface area is 223 Å². The lowest BCUT2D eigenvalue weighted by atomic mass is 9.96. The lowest BCUT2D eigenvalue weighted by Gasteiger charge is -2.12. The van der Waals surface area contributed by atoms with Crippen LogP contribution in [0, 0.1) is 25.7 Å². The van der Waals surface area contributed by atoms with Crippen molar-refractivity contribution >= 4 is 22.6 Å². The highest BCUT2D eigenvalue weighted by molar-refractivity contribution is 5.98. The molecule has 200 valence electrons. The van der Waals surface area contributed by atoms with Gasteiger partial charge in [0.05, 0.1) is 17.0 Å². The van der Waals surface area contributed by atoms with Crippen LogP contribution < -0.4 is 5.73 Å². The standard InChI is InChI=1S/C29H27F3N6O/c1-17-4-6-19(13-25(39)21-7-5-18(2)23(14-21)29(30,31)32)12-20(17)8-9-24-26-27(33)34-16-35-28(26)38(36-24)22-10-11-37(3)15-22/h4-7,12,14,16,22H,10-11,13,15H2,1-3H3,(H2,33,34,35)/t22-/m1/s1. The third kappa shape index (κ3) is 5.36. The van der Waals surface area contributed by atoms with Gasteiger partial charge >= 0.3 is 6.18 Å². The van der Waals surface area contributed by atoms with Crippen molar-refractivity contribution in [3.63, 3.8) is 0 Å². The van der Waals surface area contributed by atoms with Crippen molar-refractivity contribution in [3.05, 3.63) is 81.8 Å². The van der Waals surface area contributed by atoms with Crippen LogP contribution >= 0.6 is 0 Å². The number of ketones is 1. The molecule has 10 heteroatoms. The maximum absolute atomic E-state index is 13.3. The maximum Gasteiger partial charge on any atom is 0.416 e. The first kappa shape index (κ1) is 26.4. The van der Waals surface area contributed by atoms with Crippen LogP contribution in [0.2, 0.25) is 0 Å². The maximum atomic E-state index is 13.3. The Balaban J connectivity index is 1.45. The van der Waals surface area contributed by atoms with E-state index in [4.69, 9.17) is 10.8 Å². The number of nitrogens with two attached hydrogens (primary N) is 1. The van der Waals surface area contributed by atoms with Crippen molar-refractivity contribution in [2.75, 3.05) is 25.9 Å². The lowest BCUT2D eigenvalue weighted by Crippen LogP contribution is -2.17. The van der Waals surface area contributed by atoms with Crippen molar-refractivity contribution in [1.29, 1.82) is 0 Å². The Morgan fingerprint density at radius 1 is 1.10 bits per heavy atom. The van der Waals surface area contributed by atoms with E-state index in [-0.39, 0.29) is 23.6 Å². The fraction of sp³-hybridized carbons (Fsp3) is 0.310. The zero-order valence-corrected chi connectivity index (χ0v) is 21.8. The molecule has 2 aromatic heterocycles. The van der Waals surface area contributed by atoms with Gasteiger partial charge < -0.3 is 10.6 Å². The summed E-state index contributed by atoms with van der Waals surface area (Å²) in [5.74, 6) is 6.16. The second-order valence-electron chi connectivity index (χ2n) is 9.98. The van der Waals surface area contributed by atoms with Crippen molar-refractivity contribution in [1.82, 2.24) is 24.6 Å². The number of alkyl halides is 3. The van der Waals surface area contributed by atoms with Gasteiger partial charge in [0.1, 0.15) is 17.8 Å². The van der Waals surface area contributed by atoms with Gasteiger partial charge in [0.25, 0.3) is 0 Å². The van der Waals surface area contributed by atoms with Crippen LogP contribution in [0.5, 0.6) is 0 Å². The predicted molar refractivity (Wildman–Crippen MR) is 142 cm³/mol. The molecule has 0 bridgehead atoms. The highest BCUT2D eigenvalue weighted by Crippen LogP contribution is 2.33. The van der Waals surface area contributed by atoms with Gasteiger partial charge in [0.2, 0.25) is 0 Å². The first-order valence-electron chi connectivity index (χ1n) is 12.5. The predicted octanol–water partition coefficient (Wildman–Crippen LogP) is 4.75. The number of hydrogen-bond donors (Lipinski definition) is 1. The van der Waals surface area contributed by atoms with E-state index >= 15 is 0 Å². The number of carbonyl (C=O) groups excluding carboxylic acids is 1. The van der Waals surface area contributed by atoms with Gasteiger partial charge in [0, 0.05) is 30.6 Å². The molecule has 0 aliphatic carbocycles. The number of nitrogen functional groups attached to an aromatic ring is 1. The number of aromatic nitrogens is 4. The molecule has 4 aromatic rings.